The summed E-state index contributed by atoms with van der Waals surface area (Å²) in [7, 11) is 0. The monoisotopic (exact) mass is 668 g/mol. The van der Waals surface area contributed by atoms with Crippen molar-refractivity contribution in [2.24, 2.45) is 0 Å². The number of nitrogens with zero attached hydrogens (tertiary/aromatic N) is 2. The number of benzene rings is 8. The van der Waals surface area contributed by atoms with Gasteiger partial charge in [0.1, 0.15) is 0 Å². The second-order valence-electron chi connectivity index (χ2n) is 15.4. The van der Waals surface area contributed by atoms with Crippen LogP contribution in [0.15, 0.2) is 170 Å². The molecule has 0 unspecified atom stereocenters. The second kappa shape index (κ2) is 11.2. The first-order valence-corrected chi connectivity index (χ1v) is 18.4. The predicted octanol–water partition coefficient (Wildman–Crippen LogP) is 13.9. The molecule has 0 aliphatic carbocycles. The van der Waals surface area contributed by atoms with Gasteiger partial charge < -0.3 is 9.80 Å². The molecule has 0 atom stereocenters. The SMILES string of the molecule is CC1(C)c2ccccc2N2c3ccc(N(c4cccc5ccccc45)c4cccc5ccccc45)cc3C(C)(C)c3cc(-c4ccccc4)cc1c32. The highest BCUT2D eigenvalue weighted by Crippen LogP contribution is 2.61. The quantitative estimate of drug-likeness (QED) is 0.184. The molecule has 0 amide bonds. The van der Waals surface area contributed by atoms with Crippen molar-refractivity contribution in [1.29, 1.82) is 0 Å². The van der Waals surface area contributed by atoms with Crippen molar-refractivity contribution in [3.05, 3.63) is 192 Å². The maximum absolute atomic E-state index is 2.56. The minimum Gasteiger partial charge on any atom is -0.309 e. The van der Waals surface area contributed by atoms with Crippen LogP contribution in [0.1, 0.15) is 49.9 Å². The van der Waals surface area contributed by atoms with E-state index in [1.807, 2.05) is 0 Å². The van der Waals surface area contributed by atoms with E-state index in [2.05, 4.69) is 207 Å². The van der Waals surface area contributed by atoms with E-state index in [0.717, 1.165) is 5.69 Å². The third kappa shape index (κ3) is 4.37. The topological polar surface area (TPSA) is 6.48 Å². The number of hydrogen-bond acceptors (Lipinski definition) is 2. The molecule has 250 valence electrons. The van der Waals surface area contributed by atoms with Crippen LogP contribution in [0, 0.1) is 0 Å². The van der Waals surface area contributed by atoms with E-state index in [4.69, 9.17) is 0 Å². The van der Waals surface area contributed by atoms with Crippen LogP contribution in [0.25, 0.3) is 32.7 Å². The Kier molecular flexibility index (Phi) is 6.60. The van der Waals surface area contributed by atoms with E-state index in [0.29, 0.717) is 0 Å². The summed E-state index contributed by atoms with van der Waals surface area (Å²) in [5.41, 5.74) is 14.8. The van der Waals surface area contributed by atoms with E-state index >= 15 is 0 Å². The molecule has 0 spiro atoms. The fourth-order valence-electron chi connectivity index (χ4n) is 9.06. The van der Waals surface area contributed by atoms with Crippen molar-refractivity contribution in [3.8, 4) is 11.1 Å². The normalized spacial score (nSPS) is 14.8. The van der Waals surface area contributed by atoms with Gasteiger partial charge in [0.05, 0.1) is 28.4 Å². The zero-order valence-corrected chi connectivity index (χ0v) is 30.1. The number of fused-ring (bicyclic) bond motifs is 6. The first-order chi connectivity index (χ1) is 25.3. The first kappa shape index (κ1) is 30.7. The third-order valence-electron chi connectivity index (χ3n) is 11.8. The molecule has 0 fully saturated rings. The summed E-state index contributed by atoms with van der Waals surface area (Å²) >= 11 is 0. The Morgan fingerprint density at radius 1 is 0.404 bits per heavy atom. The number of anilines is 6. The molecular weight excluding hydrogens is 629 g/mol. The zero-order chi connectivity index (χ0) is 35.2. The molecular formula is C50H40N2. The maximum Gasteiger partial charge on any atom is 0.0544 e. The molecule has 0 bridgehead atoms. The third-order valence-corrected chi connectivity index (χ3v) is 11.8. The summed E-state index contributed by atoms with van der Waals surface area (Å²) < 4.78 is 0. The van der Waals surface area contributed by atoms with E-state index < -0.39 is 0 Å². The number of para-hydroxylation sites is 1. The Morgan fingerprint density at radius 2 is 0.923 bits per heavy atom. The highest BCUT2D eigenvalue weighted by Gasteiger charge is 2.46. The summed E-state index contributed by atoms with van der Waals surface area (Å²) in [6.07, 6.45) is 0. The standard InChI is InChI=1S/C50H40N2/c1-49(2)40-24-12-13-25-46(40)52-47-29-28-37(32-41(47)50(3,4)43-31-36(30-42(49)48(43)52)33-16-6-5-7-17-33)51(44-26-14-20-34-18-8-10-22-38(34)44)45-27-15-21-35-19-9-11-23-39(35)45/h5-32H,1-4H3. The molecule has 2 heteroatoms. The lowest BCUT2D eigenvalue weighted by atomic mass is 9.65. The molecule has 0 N–H and O–H groups in total. The number of rotatable bonds is 4. The first-order valence-electron chi connectivity index (χ1n) is 18.4. The van der Waals surface area contributed by atoms with Crippen LogP contribution in [-0.4, -0.2) is 0 Å². The molecule has 52 heavy (non-hydrogen) atoms. The van der Waals surface area contributed by atoms with E-state index in [1.165, 1.54) is 83.4 Å². The molecule has 0 aromatic heterocycles. The minimum absolute atomic E-state index is 0.172. The van der Waals surface area contributed by atoms with Crippen molar-refractivity contribution in [2.45, 2.75) is 38.5 Å². The zero-order valence-electron chi connectivity index (χ0n) is 30.1. The van der Waals surface area contributed by atoms with Crippen molar-refractivity contribution >= 4 is 55.7 Å². The molecule has 2 aliphatic rings. The molecule has 10 rings (SSSR count). The average molecular weight is 669 g/mol. The molecule has 8 aromatic rings. The van der Waals surface area contributed by atoms with Gasteiger partial charge in [0.25, 0.3) is 0 Å². The molecule has 2 aliphatic heterocycles. The molecule has 2 heterocycles. The largest absolute Gasteiger partial charge is 0.309 e. The highest BCUT2D eigenvalue weighted by atomic mass is 15.2. The van der Waals surface area contributed by atoms with Gasteiger partial charge in [0.15, 0.2) is 0 Å². The van der Waals surface area contributed by atoms with Crippen LogP contribution < -0.4 is 9.80 Å². The van der Waals surface area contributed by atoms with Gasteiger partial charge in [-0.05, 0) is 92.7 Å². The smallest absolute Gasteiger partial charge is 0.0544 e. The summed E-state index contributed by atoms with van der Waals surface area (Å²) in [5, 5.41) is 4.91. The van der Waals surface area contributed by atoms with E-state index in [9.17, 15) is 0 Å². The Labute approximate surface area is 306 Å². The van der Waals surface area contributed by atoms with Gasteiger partial charge >= 0.3 is 0 Å². The van der Waals surface area contributed by atoms with Crippen molar-refractivity contribution in [1.82, 2.24) is 0 Å². The maximum atomic E-state index is 2.56. The van der Waals surface area contributed by atoms with Gasteiger partial charge in [-0.1, -0.05) is 149 Å². The van der Waals surface area contributed by atoms with Crippen LogP contribution in [0.3, 0.4) is 0 Å². The molecule has 0 radical (unpaired) electrons. The van der Waals surface area contributed by atoms with Crippen LogP contribution in [0.2, 0.25) is 0 Å². The van der Waals surface area contributed by atoms with Crippen molar-refractivity contribution < 1.29 is 0 Å². The van der Waals surface area contributed by atoms with Crippen LogP contribution in [-0.2, 0) is 10.8 Å². The van der Waals surface area contributed by atoms with Crippen LogP contribution >= 0.6 is 0 Å². The Bertz CT molecular complexity index is 2610. The summed E-state index contributed by atoms with van der Waals surface area (Å²) in [5.74, 6) is 0. The van der Waals surface area contributed by atoms with E-state index in [1.54, 1.807) is 0 Å². The van der Waals surface area contributed by atoms with Crippen molar-refractivity contribution in [3.63, 3.8) is 0 Å². The summed E-state index contributed by atoms with van der Waals surface area (Å²) in [4.78, 5) is 5.04. The van der Waals surface area contributed by atoms with Gasteiger partial charge in [-0.25, -0.2) is 0 Å². The number of hydrogen-bond donors (Lipinski definition) is 0. The van der Waals surface area contributed by atoms with Gasteiger partial charge in [-0.15, -0.1) is 0 Å². The second-order valence-corrected chi connectivity index (χ2v) is 15.4. The molecule has 0 saturated heterocycles. The van der Waals surface area contributed by atoms with Gasteiger partial charge in [-0.3, -0.25) is 0 Å². The molecule has 0 saturated carbocycles. The van der Waals surface area contributed by atoms with E-state index in [-0.39, 0.29) is 10.8 Å². The molecule has 2 nitrogen and oxygen atoms in total. The predicted molar refractivity (Wildman–Crippen MR) is 221 cm³/mol. The summed E-state index contributed by atoms with van der Waals surface area (Å²) in [6, 6.07) is 62.8. The fourth-order valence-corrected chi connectivity index (χ4v) is 9.06. The van der Waals surface area contributed by atoms with Gasteiger partial charge in [-0.2, -0.15) is 0 Å². The minimum atomic E-state index is -0.289. The lowest BCUT2D eigenvalue weighted by molar-refractivity contribution is 0.598. The van der Waals surface area contributed by atoms with Crippen LogP contribution in [0.5, 0.6) is 0 Å². The van der Waals surface area contributed by atoms with Crippen molar-refractivity contribution in [2.75, 3.05) is 9.80 Å². The van der Waals surface area contributed by atoms with Crippen LogP contribution in [0.4, 0.5) is 34.1 Å². The highest BCUT2D eigenvalue weighted by molar-refractivity contribution is 6.05. The Balaban J connectivity index is 1.27. The Morgan fingerprint density at radius 3 is 1.58 bits per heavy atom. The summed E-state index contributed by atoms with van der Waals surface area (Å²) in [6.45, 7) is 9.63. The lowest BCUT2D eigenvalue weighted by Gasteiger charge is -2.50. The lowest BCUT2D eigenvalue weighted by Crippen LogP contribution is -2.38. The van der Waals surface area contributed by atoms with Gasteiger partial charge in [0, 0.05) is 27.3 Å². The van der Waals surface area contributed by atoms with Gasteiger partial charge in [0.2, 0.25) is 0 Å². The molecule has 8 aromatic carbocycles. The fraction of sp³-hybridized carbons (Fsp3) is 0.120. The Hall–Kier alpha value is -6.12. The average Bonchev–Trinajstić information content (AvgIpc) is 3.18.